The Balaban J connectivity index is 1.09. The summed E-state index contributed by atoms with van der Waals surface area (Å²) in [7, 11) is 0. The largest absolute Gasteiger partial charge is 0.208 e. The van der Waals surface area contributed by atoms with E-state index < -0.39 is 0 Å². The van der Waals surface area contributed by atoms with E-state index in [0.717, 1.165) is 27.8 Å². The first-order valence-electron chi connectivity index (χ1n) is 16.4. The monoisotopic (exact) mass is 643 g/mol. The van der Waals surface area contributed by atoms with Gasteiger partial charge in [0.1, 0.15) is 0 Å². The van der Waals surface area contributed by atoms with Crippen molar-refractivity contribution in [3.8, 4) is 67.5 Å². The molecule has 0 amide bonds. The van der Waals surface area contributed by atoms with Crippen molar-refractivity contribution < 1.29 is 0 Å². The Hall–Kier alpha value is -6.23. The van der Waals surface area contributed by atoms with Crippen LogP contribution >= 0.6 is 11.3 Å². The highest BCUT2D eigenvalue weighted by atomic mass is 32.1. The van der Waals surface area contributed by atoms with Crippen LogP contribution in [-0.4, -0.2) is 15.0 Å². The quantitative estimate of drug-likeness (QED) is 0.181. The predicted molar refractivity (Wildman–Crippen MR) is 205 cm³/mol. The van der Waals surface area contributed by atoms with E-state index in [0.29, 0.717) is 17.5 Å². The second-order valence-corrected chi connectivity index (χ2v) is 13.2. The highest BCUT2D eigenvalue weighted by molar-refractivity contribution is 7.25. The summed E-state index contributed by atoms with van der Waals surface area (Å²) in [6, 6.07) is 61.7. The highest BCUT2D eigenvalue weighted by Gasteiger charge is 2.14. The third-order valence-electron chi connectivity index (χ3n) is 8.95. The normalized spacial score (nSPS) is 11.3. The molecule has 0 aliphatic heterocycles. The summed E-state index contributed by atoms with van der Waals surface area (Å²) in [6.07, 6.45) is 0. The minimum absolute atomic E-state index is 0.644. The van der Waals surface area contributed by atoms with E-state index in [2.05, 4.69) is 140 Å². The zero-order chi connectivity index (χ0) is 32.6. The van der Waals surface area contributed by atoms with Gasteiger partial charge < -0.3 is 0 Å². The van der Waals surface area contributed by atoms with Gasteiger partial charge in [0, 0.05) is 36.9 Å². The number of benzene rings is 7. The Morgan fingerprint density at radius 3 is 1.37 bits per heavy atom. The lowest BCUT2D eigenvalue weighted by Gasteiger charge is -2.11. The van der Waals surface area contributed by atoms with E-state index in [-0.39, 0.29) is 0 Å². The van der Waals surface area contributed by atoms with Gasteiger partial charge in [-0.1, -0.05) is 152 Å². The second-order valence-electron chi connectivity index (χ2n) is 12.1. The molecule has 0 bridgehead atoms. The van der Waals surface area contributed by atoms with Crippen molar-refractivity contribution in [1.29, 1.82) is 0 Å². The molecule has 230 valence electrons. The molecule has 0 N–H and O–H groups in total. The van der Waals surface area contributed by atoms with Gasteiger partial charge in [-0.15, -0.1) is 11.3 Å². The van der Waals surface area contributed by atoms with Crippen LogP contribution in [0.3, 0.4) is 0 Å². The Bertz CT molecular complexity index is 2590. The third-order valence-corrected chi connectivity index (χ3v) is 10.1. The summed E-state index contributed by atoms with van der Waals surface area (Å²) in [5.74, 6) is 1.94. The molecule has 4 heteroatoms. The van der Waals surface area contributed by atoms with Gasteiger partial charge in [0.05, 0.1) is 0 Å². The van der Waals surface area contributed by atoms with Crippen molar-refractivity contribution >= 4 is 31.5 Å². The van der Waals surface area contributed by atoms with E-state index >= 15 is 0 Å². The van der Waals surface area contributed by atoms with Crippen molar-refractivity contribution in [1.82, 2.24) is 15.0 Å². The molecule has 0 fully saturated rings. The summed E-state index contributed by atoms with van der Waals surface area (Å²) in [6.45, 7) is 0. The van der Waals surface area contributed by atoms with Crippen LogP contribution in [0.4, 0.5) is 0 Å². The topological polar surface area (TPSA) is 38.7 Å². The van der Waals surface area contributed by atoms with Crippen molar-refractivity contribution in [3.63, 3.8) is 0 Å². The number of hydrogen-bond donors (Lipinski definition) is 0. The maximum atomic E-state index is 5.05. The first-order valence-corrected chi connectivity index (χ1v) is 17.2. The smallest absolute Gasteiger partial charge is 0.164 e. The molecular weight excluding hydrogens is 615 g/mol. The van der Waals surface area contributed by atoms with Crippen molar-refractivity contribution in [3.05, 3.63) is 176 Å². The van der Waals surface area contributed by atoms with Crippen LogP contribution in [0.5, 0.6) is 0 Å². The van der Waals surface area contributed by atoms with Crippen LogP contribution in [0, 0.1) is 0 Å². The molecule has 2 aromatic heterocycles. The zero-order valence-corrected chi connectivity index (χ0v) is 27.3. The standard InChI is InChI=1S/C45H29N3S/c1-3-11-30(12-4-1)34-15-9-16-35(27-34)31-21-23-33(24-22-31)44-46-43(32-13-5-2-6-14-32)47-45(48-44)38-18-10-17-36(28-38)37-25-26-40-39-19-7-8-20-41(39)49-42(40)29-37/h1-29H. The summed E-state index contributed by atoms with van der Waals surface area (Å²) >= 11 is 1.84. The zero-order valence-electron chi connectivity index (χ0n) is 26.5. The van der Waals surface area contributed by atoms with E-state index in [1.54, 1.807) is 0 Å². The van der Waals surface area contributed by atoms with Gasteiger partial charge in [-0.05, 0) is 57.6 Å². The minimum atomic E-state index is 0.644. The third kappa shape index (κ3) is 5.69. The van der Waals surface area contributed by atoms with Crippen LogP contribution in [0.1, 0.15) is 0 Å². The lowest BCUT2D eigenvalue weighted by Crippen LogP contribution is -2.00. The van der Waals surface area contributed by atoms with Crippen LogP contribution in [0.2, 0.25) is 0 Å². The maximum absolute atomic E-state index is 5.05. The van der Waals surface area contributed by atoms with Gasteiger partial charge >= 0.3 is 0 Å². The minimum Gasteiger partial charge on any atom is -0.208 e. The number of nitrogens with zero attached hydrogens (tertiary/aromatic N) is 3. The summed E-state index contributed by atoms with van der Waals surface area (Å²) in [5, 5.41) is 2.60. The maximum Gasteiger partial charge on any atom is 0.164 e. The van der Waals surface area contributed by atoms with Gasteiger partial charge in [-0.2, -0.15) is 0 Å². The van der Waals surface area contributed by atoms with E-state index in [1.165, 1.54) is 42.4 Å². The Morgan fingerprint density at radius 2 is 0.673 bits per heavy atom. The van der Waals surface area contributed by atoms with Crippen LogP contribution < -0.4 is 0 Å². The van der Waals surface area contributed by atoms with Crippen molar-refractivity contribution in [2.24, 2.45) is 0 Å². The molecule has 0 unspecified atom stereocenters. The van der Waals surface area contributed by atoms with Gasteiger partial charge in [0.25, 0.3) is 0 Å². The van der Waals surface area contributed by atoms with E-state index in [9.17, 15) is 0 Å². The van der Waals surface area contributed by atoms with Crippen LogP contribution in [0.25, 0.3) is 87.7 Å². The van der Waals surface area contributed by atoms with Gasteiger partial charge in [0.2, 0.25) is 0 Å². The predicted octanol–water partition coefficient (Wildman–Crippen LogP) is 12.2. The fraction of sp³-hybridized carbons (Fsp3) is 0. The molecule has 0 spiro atoms. The average Bonchev–Trinajstić information content (AvgIpc) is 3.57. The molecule has 0 aliphatic carbocycles. The first-order chi connectivity index (χ1) is 24.2. The van der Waals surface area contributed by atoms with Gasteiger partial charge in [0.15, 0.2) is 17.5 Å². The molecule has 0 saturated heterocycles. The molecule has 7 aromatic carbocycles. The van der Waals surface area contributed by atoms with Crippen LogP contribution in [0.15, 0.2) is 176 Å². The van der Waals surface area contributed by atoms with E-state index in [4.69, 9.17) is 15.0 Å². The molecule has 0 radical (unpaired) electrons. The SMILES string of the molecule is c1ccc(-c2cccc(-c3ccc(-c4nc(-c5ccccc5)nc(-c5cccc(-c6ccc7c(c6)sc6ccccc67)c5)n4)cc3)c2)cc1. The summed E-state index contributed by atoms with van der Waals surface area (Å²) < 4.78 is 2.59. The molecule has 9 rings (SSSR count). The van der Waals surface area contributed by atoms with E-state index in [1.807, 2.05) is 47.7 Å². The average molecular weight is 644 g/mol. The number of rotatable bonds is 6. The summed E-state index contributed by atoms with van der Waals surface area (Å²) in [5.41, 5.74) is 9.85. The number of aromatic nitrogens is 3. The molecule has 0 saturated carbocycles. The number of thiophene rings is 1. The molecule has 0 atom stereocenters. The number of fused-ring (bicyclic) bond motifs is 3. The molecule has 9 aromatic rings. The molecule has 2 heterocycles. The lowest BCUT2D eigenvalue weighted by molar-refractivity contribution is 1.07. The fourth-order valence-electron chi connectivity index (χ4n) is 6.41. The first kappa shape index (κ1) is 29.0. The fourth-order valence-corrected chi connectivity index (χ4v) is 7.56. The lowest BCUT2D eigenvalue weighted by atomic mass is 9.98. The summed E-state index contributed by atoms with van der Waals surface area (Å²) in [4.78, 5) is 15.0. The highest BCUT2D eigenvalue weighted by Crippen LogP contribution is 2.37. The van der Waals surface area contributed by atoms with Crippen molar-refractivity contribution in [2.45, 2.75) is 0 Å². The Morgan fingerprint density at radius 1 is 0.265 bits per heavy atom. The van der Waals surface area contributed by atoms with Crippen molar-refractivity contribution in [2.75, 3.05) is 0 Å². The second kappa shape index (κ2) is 12.4. The van der Waals surface area contributed by atoms with Crippen LogP contribution in [-0.2, 0) is 0 Å². The molecular formula is C45H29N3S. The molecule has 3 nitrogen and oxygen atoms in total. The van der Waals surface area contributed by atoms with Gasteiger partial charge in [-0.25, -0.2) is 15.0 Å². The van der Waals surface area contributed by atoms with Gasteiger partial charge in [-0.3, -0.25) is 0 Å². The molecule has 0 aliphatic rings. The number of hydrogen-bond acceptors (Lipinski definition) is 4. The molecule has 49 heavy (non-hydrogen) atoms. The Kier molecular flexibility index (Phi) is 7.34. The Labute approximate surface area is 288 Å².